The molecular formula is C23H26N2O4. The first-order valence-electron chi connectivity index (χ1n) is 9.86. The second kappa shape index (κ2) is 9.37. The molecule has 0 aromatic heterocycles. The molecule has 6 heteroatoms. The Morgan fingerprint density at radius 1 is 1.07 bits per heavy atom. The number of hydrogen-bond acceptors (Lipinski definition) is 4. The minimum atomic E-state index is -0.555. The minimum Gasteiger partial charge on any atom is -0.452 e. The average Bonchev–Trinajstić information content (AvgIpc) is 3.16. The highest BCUT2D eigenvalue weighted by Gasteiger charge is 2.22. The molecule has 1 saturated heterocycles. The summed E-state index contributed by atoms with van der Waals surface area (Å²) >= 11 is 0. The van der Waals surface area contributed by atoms with Crippen molar-refractivity contribution in [1.29, 1.82) is 0 Å². The van der Waals surface area contributed by atoms with Gasteiger partial charge in [0.15, 0.2) is 6.61 Å². The van der Waals surface area contributed by atoms with Gasteiger partial charge in [0.1, 0.15) is 0 Å². The van der Waals surface area contributed by atoms with Crippen molar-refractivity contribution in [3.8, 4) is 0 Å². The molecule has 1 fully saturated rings. The Balaban J connectivity index is 1.57. The molecule has 0 atom stereocenters. The SMILES string of the molecule is CC(C)N(Cc1ccccc1)C(=O)COC(=O)c1ccc(N2CCCC2=O)cc1. The van der Waals surface area contributed by atoms with Gasteiger partial charge in [0.2, 0.25) is 5.91 Å². The fraction of sp³-hybridized carbons (Fsp3) is 0.348. The zero-order valence-corrected chi connectivity index (χ0v) is 16.8. The van der Waals surface area contributed by atoms with E-state index >= 15 is 0 Å². The maximum absolute atomic E-state index is 12.6. The number of carbonyl (C=O) groups excluding carboxylic acids is 3. The van der Waals surface area contributed by atoms with Crippen molar-refractivity contribution in [2.75, 3.05) is 18.1 Å². The maximum atomic E-state index is 12.6. The highest BCUT2D eigenvalue weighted by Crippen LogP contribution is 2.21. The Bertz CT molecular complexity index is 862. The van der Waals surface area contributed by atoms with Gasteiger partial charge < -0.3 is 14.5 Å². The van der Waals surface area contributed by atoms with E-state index in [4.69, 9.17) is 4.74 Å². The largest absolute Gasteiger partial charge is 0.452 e. The predicted molar refractivity (Wildman–Crippen MR) is 110 cm³/mol. The van der Waals surface area contributed by atoms with Crippen molar-refractivity contribution in [1.82, 2.24) is 4.90 Å². The molecule has 1 aliphatic rings. The topological polar surface area (TPSA) is 66.9 Å². The first kappa shape index (κ1) is 20.6. The van der Waals surface area contributed by atoms with Crippen LogP contribution in [0.5, 0.6) is 0 Å². The summed E-state index contributed by atoms with van der Waals surface area (Å²) in [5.74, 6) is -0.698. The number of rotatable bonds is 7. The Morgan fingerprint density at radius 3 is 2.34 bits per heavy atom. The Kier molecular flexibility index (Phi) is 6.65. The van der Waals surface area contributed by atoms with Gasteiger partial charge in [-0.05, 0) is 50.1 Å². The molecule has 2 amide bonds. The van der Waals surface area contributed by atoms with E-state index < -0.39 is 5.97 Å². The quantitative estimate of drug-likeness (QED) is 0.675. The van der Waals surface area contributed by atoms with E-state index in [0.717, 1.165) is 17.7 Å². The van der Waals surface area contributed by atoms with Crippen LogP contribution < -0.4 is 4.90 Å². The lowest BCUT2D eigenvalue weighted by molar-refractivity contribution is -0.137. The van der Waals surface area contributed by atoms with Gasteiger partial charge in [-0.1, -0.05) is 30.3 Å². The van der Waals surface area contributed by atoms with Crippen LogP contribution in [0.3, 0.4) is 0 Å². The first-order chi connectivity index (χ1) is 14.0. The maximum Gasteiger partial charge on any atom is 0.338 e. The molecule has 2 aromatic carbocycles. The number of amides is 2. The molecule has 2 aromatic rings. The second-order valence-corrected chi connectivity index (χ2v) is 7.37. The van der Waals surface area contributed by atoms with Crippen LogP contribution in [0.2, 0.25) is 0 Å². The fourth-order valence-electron chi connectivity index (χ4n) is 3.33. The van der Waals surface area contributed by atoms with Crippen LogP contribution >= 0.6 is 0 Å². The summed E-state index contributed by atoms with van der Waals surface area (Å²) in [6, 6.07) is 16.4. The number of nitrogens with zero attached hydrogens (tertiary/aromatic N) is 2. The summed E-state index contributed by atoms with van der Waals surface area (Å²) in [5, 5.41) is 0. The number of anilines is 1. The minimum absolute atomic E-state index is 0.0151. The molecule has 1 aliphatic heterocycles. The molecule has 0 unspecified atom stereocenters. The normalized spacial score (nSPS) is 13.6. The van der Waals surface area contributed by atoms with Crippen LogP contribution in [0.4, 0.5) is 5.69 Å². The summed E-state index contributed by atoms with van der Waals surface area (Å²) in [7, 11) is 0. The van der Waals surface area contributed by atoms with Gasteiger partial charge in [-0.15, -0.1) is 0 Å². The number of ether oxygens (including phenoxy) is 1. The van der Waals surface area contributed by atoms with Crippen molar-refractivity contribution in [3.63, 3.8) is 0 Å². The summed E-state index contributed by atoms with van der Waals surface area (Å²) in [5.41, 5.74) is 2.15. The van der Waals surface area contributed by atoms with Gasteiger partial charge in [0, 0.05) is 31.2 Å². The average molecular weight is 394 g/mol. The van der Waals surface area contributed by atoms with E-state index in [1.807, 2.05) is 44.2 Å². The molecule has 0 saturated carbocycles. The van der Waals surface area contributed by atoms with Gasteiger partial charge in [-0.2, -0.15) is 0 Å². The molecule has 0 radical (unpaired) electrons. The molecule has 0 N–H and O–H groups in total. The standard InChI is InChI=1S/C23H26N2O4/c1-17(2)25(15-18-7-4-3-5-8-18)22(27)16-29-23(28)19-10-12-20(13-11-19)24-14-6-9-21(24)26/h3-5,7-8,10-13,17H,6,9,14-16H2,1-2H3. The first-order valence-corrected chi connectivity index (χ1v) is 9.86. The van der Waals surface area contributed by atoms with Crippen molar-refractivity contribution in [2.24, 2.45) is 0 Å². The van der Waals surface area contributed by atoms with E-state index in [0.29, 0.717) is 25.1 Å². The molecule has 3 rings (SSSR count). The van der Waals surface area contributed by atoms with E-state index in [1.54, 1.807) is 34.1 Å². The number of esters is 1. The lowest BCUT2D eigenvalue weighted by atomic mass is 10.2. The highest BCUT2D eigenvalue weighted by atomic mass is 16.5. The summed E-state index contributed by atoms with van der Waals surface area (Å²) in [4.78, 5) is 40.1. The summed E-state index contributed by atoms with van der Waals surface area (Å²) in [6.45, 7) is 4.72. The van der Waals surface area contributed by atoms with Crippen molar-refractivity contribution in [3.05, 3.63) is 65.7 Å². The third-order valence-corrected chi connectivity index (χ3v) is 4.95. The molecule has 0 spiro atoms. The molecule has 0 aliphatic carbocycles. The van der Waals surface area contributed by atoms with Crippen LogP contribution in [0.15, 0.2) is 54.6 Å². The number of hydrogen-bond donors (Lipinski definition) is 0. The van der Waals surface area contributed by atoms with Crippen LogP contribution in [-0.2, 0) is 20.9 Å². The van der Waals surface area contributed by atoms with E-state index in [-0.39, 0.29) is 24.5 Å². The van der Waals surface area contributed by atoms with Gasteiger partial charge >= 0.3 is 5.97 Å². The number of benzene rings is 2. The zero-order valence-electron chi connectivity index (χ0n) is 16.8. The summed E-state index contributed by atoms with van der Waals surface area (Å²) < 4.78 is 5.23. The van der Waals surface area contributed by atoms with Gasteiger partial charge in [-0.25, -0.2) is 4.79 Å². The lowest BCUT2D eigenvalue weighted by Gasteiger charge is -2.26. The van der Waals surface area contributed by atoms with Crippen molar-refractivity contribution >= 4 is 23.5 Å². The van der Waals surface area contributed by atoms with Crippen LogP contribution in [0, 0.1) is 0 Å². The highest BCUT2D eigenvalue weighted by molar-refractivity contribution is 5.96. The Hall–Kier alpha value is -3.15. The van der Waals surface area contributed by atoms with E-state index in [9.17, 15) is 14.4 Å². The fourth-order valence-corrected chi connectivity index (χ4v) is 3.33. The lowest BCUT2D eigenvalue weighted by Crippen LogP contribution is -2.39. The molecule has 6 nitrogen and oxygen atoms in total. The van der Waals surface area contributed by atoms with Gasteiger partial charge in [0.25, 0.3) is 5.91 Å². The van der Waals surface area contributed by atoms with Crippen molar-refractivity contribution in [2.45, 2.75) is 39.3 Å². The summed E-state index contributed by atoms with van der Waals surface area (Å²) in [6.07, 6.45) is 1.40. The van der Waals surface area contributed by atoms with E-state index in [2.05, 4.69) is 0 Å². The zero-order chi connectivity index (χ0) is 20.8. The molecule has 29 heavy (non-hydrogen) atoms. The van der Waals surface area contributed by atoms with Crippen LogP contribution in [0.25, 0.3) is 0 Å². The van der Waals surface area contributed by atoms with Crippen LogP contribution in [0.1, 0.15) is 42.6 Å². The number of carbonyl (C=O) groups is 3. The third kappa shape index (κ3) is 5.22. The van der Waals surface area contributed by atoms with Crippen molar-refractivity contribution < 1.29 is 19.1 Å². The monoisotopic (exact) mass is 394 g/mol. The van der Waals surface area contributed by atoms with E-state index in [1.165, 1.54) is 0 Å². The van der Waals surface area contributed by atoms with Gasteiger partial charge in [0.05, 0.1) is 5.56 Å². The van der Waals surface area contributed by atoms with Gasteiger partial charge in [-0.3, -0.25) is 9.59 Å². The molecule has 1 heterocycles. The predicted octanol–water partition coefficient (Wildman–Crippen LogP) is 3.41. The molecule has 152 valence electrons. The van der Waals surface area contributed by atoms with Crippen LogP contribution in [-0.4, -0.2) is 41.9 Å². The smallest absolute Gasteiger partial charge is 0.338 e. The molecular weight excluding hydrogens is 368 g/mol. The Labute approximate surface area is 171 Å². The Morgan fingerprint density at radius 2 is 1.76 bits per heavy atom. The second-order valence-electron chi connectivity index (χ2n) is 7.37. The molecule has 0 bridgehead atoms. The third-order valence-electron chi connectivity index (χ3n) is 4.95.